The molecule has 0 radical (unpaired) electrons. The molecule has 1 atom stereocenters. The van der Waals surface area contributed by atoms with Crippen LogP contribution < -0.4 is 10.5 Å². The van der Waals surface area contributed by atoms with Crippen LogP contribution in [0.5, 0.6) is 5.75 Å². The molecular formula is C17H26N2O3. The maximum Gasteiger partial charge on any atom is 0.410 e. The third kappa shape index (κ3) is 4.63. The molecule has 0 fully saturated rings. The highest BCUT2D eigenvalue weighted by atomic mass is 16.6. The zero-order valence-corrected chi connectivity index (χ0v) is 13.7. The predicted molar refractivity (Wildman–Crippen MR) is 86.0 cm³/mol. The van der Waals surface area contributed by atoms with Gasteiger partial charge in [-0.15, -0.1) is 0 Å². The fourth-order valence-electron chi connectivity index (χ4n) is 2.49. The Balaban J connectivity index is 1.98. The van der Waals surface area contributed by atoms with Crippen molar-refractivity contribution in [3.8, 4) is 5.75 Å². The number of benzene rings is 1. The Hall–Kier alpha value is -1.75. The minimum Gasteiger partial charge on any atom is -0.488 e. The van der Waals surface area contributed by atoms with Gasteiger partial charge in [-0.2, -0.15) is 0 Å². The van der Waals surface area contributed by atoms with E-state index in [4.69, 9.17) is 15.2 Å². The standard InChI is InChI=1S/C17H26N2O3/c1-17(2,3)22-16(20)19(11-10-18)12-14-9-8-13-6-4-5-7-15(13)21-14/h4-7,14H,8-12,18H2,1-3H3. The SMILES string of the molecule is CC(C)(C)OC(=O)N(CCN)CC1CCc2ccccc2O1. The number of rotatable bonds is 4. The van der Waals surface area contributed by atoms with E-state index in [0.29, 0.717) is 19.6 Å². The third-order valence-electron chi connectivity index (χ3n) is 3.48. The highest BCUT2D eigenvalue weighted by Crippen LogP contribution is 2.27. The third-order valence-corrected chi connectivity index (χ3v) is 3.48. The van der Waals surface area contributed by atoms with Crippen molar-refractivity contribution in [1.82, 2.24) is 4.90 Å². The van der Waals surface area contributed by atoms with Gasteiger partial charge >= 0.3 is 6.09 Å². The van der Waals surface area contributed by atoms with Gasteiger partial charge in [0.1, 0.15) is 17.5 Å². The molecule has 1 amide bonds. The van der Waals surface area contributed by atoms with Crippen LogP contribution in [0.1, 0.15) is 32.8 Å². The minimum atomic E-state index is -0.510. The van der Waals surface area contributed by atoms with Crippen LogP contribution in [0, 0.1) is 0 Å². The Bertz CT molecular complexity index is 511. The van der Waals surface area contributed by atoms with Crippen LogP contribution in [-0.2, 0) is 11.2 Å². The molecule has 0 spiro atoms. The number of carbonyl (C=O) groups is 1. The second kappa shape index (κ2) is 7.01. The van der Waals surface area contributed by atoms with Crippen LogP contribution in [0.4, 0.5) is 4.79 Å². The van der Waals surface area contributed by atoms with Gasteiger partial charge in [0.25, 0.3) is 0 Å². The molecule has 2 N–H and O–H groups in total. The van der Waals surface area contributed by atoms with Gasteiger partial charge in [0.2, 0.25) is 0 Å². The molecule has 22 heavy (non-hydrogen) atoms. The van der Waals surface area contributed by atoms with Gasteiger partial charge in [-0.25, -0.2) is 4.79 Å². The van der Waals surface area contributed by atoms with Crippen molar-refractivity contribution in [2.24, 2.45) is 5.73 Å². The molecule has 0 saturated carbocycles. The van der Waals surface area contributed by atoms with E-state index in [-0.39, 0.29) is 12.2 Å². The average molecular weight is 306 g/mol. The van der Waals surface area contributed by atoms with E-state index >= 15 is 0 Å². The number of ether oxygens (including phenoxy) is 2. The fourth-order valence-corrected chi connectivity index (χ4v) is 2.49. The van der Waals surface area contributed by atoms with Gasteiger partial charge < -0.3 is 20.1 Å². The molecule has 5 heteroatoms. The summed E-state index contributed by atoms with van der Waals surface area (Å²) in [6.45, 7) is 6.95. The molecule has 1 heterocycles. The van der Waals surface area contributed by atoms with Crippen LogP contribution in [0.3, 0.4) is 0 Å². The van der Waals surface area contributed by atoms with E-state index in [0.717, 1.165) is 18.6 Å². The molecule has 1 aliphatic heterocycles. The molecule has 0 aromatic heterocycles. The number of nitrogens with two attached hydrogens (primary N) is 1. The Labute approximate surface area is 132 Å². The Morgan fingerprint density at radius 2 is 2.14 bits per heavy atom. The summed E-state index contributed by atoms with van der Waals surface area (Å²) in [5, 5.41) is 0. The second-order valence-corrected chi connectivity index (χ2v) is 6.60. The molecule has 1 aliphatic rings. The highest BCUT2D eigenvalue weighted by molar-refractivity contribution is 5.68. The van der Waals surface area contributed by atoms with Crippen molar-refractivity contribution >= 4 is 6.09 Å². The maximum absolute atomic E-state index is 12.3. The Morgan fingerprint density at radius 3 is 2.82 bits per heavy atom. The predicted octanol–water partition coefficient (Wildman–Crippen LogP) is 2.58. The number of para-hydroxylation sites is 1. The van der Waals surface area contributed by atoms with Gasteiger partial charge in [0.05, 0.1) is 6.54 Å². The van der Waals surface area contributed by atoms with Crippen molar-refractivity contribution < 1.29 is 14.3 Å². The summed E-state index contributed by atoms with van der Waals surface area (Å²) in [5.74, 6) is 0.913. The molecule has 0 bridgehead atoms. The summed E-state index contributed by atoms with van der Waals surface area (Å²) in [6.07, 6.45) is 1.50. The van der Waals surface area contributed by atoms with E-state index in [2.05, 4.69) is 6.07 Å². The van der Waals surface area contributed by atoms with E-state index in [1.165, 1.54) is 5.56 Å². The normalized spacial score (nSPS) is 17.4. The highest BCUT2D eigenvalue weighted by Gasteiger charge is 2.27. The molecule has 0 saturated heterocycles. The quantitative estimate of drug-likeness (QED) is 0.928. The molecule has 122 valence electrons. The zero-order chi connectivity index (χ0) is 16.2. The molecule has 0 aliphatic carbocycles. The van der Waals surface area contributed by atoms with Crippen LogP contribution in [0.2, 0.25) is 0 Å². The molecule has 1 aromatic rings. The van der Waals surface area contributed by atoms with E-state index in [1.807, 2.05) is 39.0 Å². The largest absolute Gasteiger partial charge is 0.488 e. The summed E-state index contributed by atoms with van der Waals surface area (Å²) in [5.41, 5.74) is 6.34. The molecule has 5 nitrogen and oxygen atoms in total. The van der Waals surface area contributed by atoms with Crippen LogP contribution >= 0.6 is 0 Å². The first-order valence-corrected chi connectivity index (χ1v) is 7.81. The summed E-state index contributed by atoms with van der Waals surface area (Å²) in [6, 6.07) is 8.04. The first-order chi connectivity index (χ1) is 10.4. The van der Waals surface area contributed by atoms with Crippen LogP contribution in [0.25, 0.3) is 0 Å². The van der Waals surface area contributed by atoms with Crippen molar-refractivity contribution in [2.75, 3.05) is 19.6 Å². The molecule has 1 aromatic carbocycles. The molecule has 2 rings (SSSR count). The summed E-state index contributed by atoms with van der Waals surface area (Å²) in [7, 11) is 0. The van der Waals surface area contributed by atoms with E-state index < -0.39 is 5.60 Å². The van der Waals surface area contributed by atoms with Crippen molar-refractivity contribution in [3.05, 3.63) is 29.8 Å². The van der Waals surface area contributed by atoms with Crippen molar-refractivity contribution in [3.63, 3.8) is 0 Å². The number of hydrogen-bond acceptors (Lipinski definition) is 4. The lowest BCUT2D eigenvalue weighted by atomic mass is 10.0. The molecular weight excluding hydrogens is 280 g/mol. The zero-order valence-electron chi connectivity index (χ0n) is 13.7. The minimum absolute atomic E-state index is 0.0195. The first kappa shape index (κ1) is 16.6. The number of carbonyl (C=O) groups excluding carboxylic acids is 1. The summed E-state index contributed by atoms with van der Waals surface area (Å²) in [4.78, 5) is 13.9. The van der Waals surface area contributed by atoms with Gasteiger partial charge in [0.15, 0.2) is 0 Å². The van der Waals surface area contributed by atoms with Crippen LogP contribution in [0.15, 0.2) is 24.3 Å². The average Bonchev–Trinajstić information content (AvgIpc) is 2.45. The topological polar surface area (TPSA) is 64.8 Å². The van der Waals surface area contributed by atoms with Crippen molar-refractivity contribution in [2.45, 2.75) is 45.3 Å². The Morgan fingerprint density at radius 1 is 1.41 bits per heavy atom. The van der Waals surface area contributed by atoms with E-state index in [9.17, 15) is 4.79 Å². The number of amides is 1. The Kier molecular flexibility index (Phi) is 5.29. The summed E-state index contributed by atoms with van der Waals surface area (Å²) >= 11 is 0. The number of fused-ring (bicyclic) bond motifs is 1. The monoisotopic (exact) mass is 306 g/mol. The lowest BCUT2D eigenvalue weighted by molar-refractivity contribution is 0.0160. The van der Waals surface area contributed by atoms with Gasteiger partial charge in [-0.1, -0.05) is 18.2 Å². The number of aryl methyl sites for hydroxylation is 1. The van der Waals surface area contributed by atoms with E-state index in [1.54, 1.807) is 4.90 Å². The van der Waals surface area contributed by atoms with Gasteiger partial charge in [0, 0.05) is 13.1 Å². The van der Waals surface area contributed by atoms with Gasteiger partial charge in [-0.05, 0) is 45.2 Å². The molecule has 1 unspecified atom stereocenters. The maximum atomic E-state index is 12.3. The number of nitrogens with zero attached hydrogens (tertiary/aromatic N) is 1. The fraction of sp³-hybridized carbons (Fsp3) is 0.588. The van der Waals surface area contributed by atoms with Crippen LogP contribution in [-0.4, -0.2) is 42.3 Å². The first-order valence-electron chi connectivity index (χ1n) is 7.81. The smallest absolute Gasteiger partial charge is 0.410 e. The lowest BCUT2D eigenvalue weighted by Crippen LogP contribution is -2.45. The lowest BCUT2D eigenvalue weighted by Gasteiger charge is -2.32. The summed E-state index contributed by atoms with van der Waals surface area (Å²) < 4.78 is 11.4. The van der Waals surface area contributed by atoms with Gasteiger partial charge in [-0.3, -0.25) is 0 Å². The number of hydrogen-bond donors (Lipinski definition) is 1. The second-order valence-electron chi connectivity index (χ2n) is 6.60. The van der Waals surface area contributed by atoms with Crippen molar-refractivity contribution in [1.29, 1.82) is 0 Å².